The predicted molar refractivity (Wildman–Crippen MR) is 66.2 cm³/mol. The largest absolute Gasteiger partial charge is 0.481 e. The van der Waals surface area contributed by atoms with Crippen LogP contribution in [-0.4, -0.2) is 57.9 Å². The van der Waals surface area contributed by atoms with Crippen LogP contribution in [0.15, 0.2) is 0 Å². The Kier molecular flexibility index (Phi) is 4.11. The molecule has 18 heavy (non-hydrogen) atoms. The molecule has 0 aromatic rings. The molecule has 2 atom stereocenters. The first kappa shape index (κ1) is 13.2. The van der Waals surface area contributed by atoms with E-state index in [-0.39, 0.29) is 24.3 Å². The topological polar surface area (TPSA) is 86.7 Å². The number of aliphatic carboxylic acids is 1. The fraction of sp³-hybridized carbons (Fsp3) is 0.727. The molecular formula is C11H16N2O4S. The lowest BCUT2D eigenvalue weighted by Crippen LogP contribution is -2.53. The number of nitrogens with one attached hydrogen (secondary N) is 1. The molecule has 0 aromatic carbocycles. The Morgan fingerprint density at radius 1 is 1.50 bits per heavy atom. The van der Waals surface area contributed by atoms with Crippen molar-refractivity contribution in [1.82, 2.24) is 10.2 Å². The molecule has 0 aliphatic carbocycles. The van der Waals surface area contributed by atoms with Gasteiger partial charge in [0.15, 0.2) is 0 Å². The minimum Gasteiger partial charge on any atom is -0.481 e. The second-order valence-electron chi connectivity index (χ2n) is 4.52. The second-order valence-corrected chi connectivity index (χ2v) is 5.67. The summed E-state index contributed by atoms with van der Waals surface area (Å²) in [5.74, 6) is 0.346. The molecular weight excluding hydrogens is 256 g/mol. The first-order valence-corrected chi connectivity index (χ1v) is 7.13. The molecule has 2 heterocycles. The normalized spacial score (nSPS) is 28.0. The predicted octanol–water partition coefficient (Wildman–Crippen LogP) is -0.316. The van der Waals surface area contributed by atoms with Crippen molar-refractivity contribution >= 4 is 29.5 Å². The van der Waals surface area contributed by atoms with E-state index in [1.807, 2.05) is 0 Å². The highest BCUT2D eigenvalue weighted by atomic mass is 32.2. The van der Waals surface area contributed by atoms with E-state index in [0.29, 0.717) is 25.1 Å². The maximum Gasteiger partial charge on any atom is 0.305 e. The summed E-state index contributed by atoms with van der Waals surface area (Å²) in [4.78, 5) is 35.8. The van der Waals surface area contributed by atoms with Crippen molar-refractivity contribution in [3.05, 3.63) is 0 Å². The van der Waals surface area contributed by atoms with Crippen LogP contribution in [0.3, 0.4) is 0 Å². The lowest BCUT2D eigenvalue weighted by atomic mass is 10.1. The van der Waals surface area contributed by atoms with Crippen LogP contribution in [-0.2, 0) is 14.4 Å². The molecule has 6 nitrogen and oxygen atoms in total. The molecule has 0 spiro atoms. The van der Waals surface area contributed by atoms with Gasteiger partial charge in [-0.15, -0.1) is 0 Å². The quantitative estimate of drug-likeness (QED) is 0.735. The SMILES string of the molecule is O=C(O)CC1CSCCN1C(=O)[C@@H]1CCC(=O)N1. The van der Waals surface area contributed by atoms with Crippen LogP contribution in [0.4, 0.5) is 0 Å². The second kappa shape index (κ2) is 5.60. The van der Waals surface area contributed by atoms with Gasteiger partial charge >= 0.3 is 5.97 Å². The van der Waals surface area contributed by atoms with Crippen LogP contribution in [0.5, 0.6) is 0 Å². The van der Waals surface area contributed by atoms with E-state index in [0.717, 1.165) is 5.75 Å². The van der Waals surface area contributed by atoms with Gasteiger partial charge < -0.3 is 15.3 Å². The Morgan fingerprint density at radius 3 is 2.89 bits per heavy atom. The summed E-state index contributed by atoms with van der Waals surface area (Å²) in [5.41, 5.74) is 0. The van der Waals surface area contributed by atoms with E-state index in [1.54, 1.807) is 16.7 Å². The number of carboxylic acid groups (broad SMARTS) is 1. The Hall–Kier alpha value is -1.24. The van der Waals surface area contributed by atoms with Crippen LogP contribution >= 0.6 is 11.8 Å². The van der Waals surface area contributed by atoms with Crippen molar-refractivity contribution in [3.8, 4) is 0 Å². The van der Waals surface area contributed by atoms with Gasteiger partial charge in [-0.25, -0.2) is 0 Å². The third-order valence-electron chi connectivity index (χ3n) is 3.21. The average molecular weight is 272 g/mol. The summed E-state index contributed by atoms with van der Waals surface area (Å²) in [6.45, 7) is 0.563. The van der Waals surface area contributed by atoms with Crippen LogP contribution in [0, 0.1) is 0 Å². The summed E-state index contributed by atoms with van der Waals surface area (Å²) in [5, 5.41) is 11.5. The minimum absolute atomic E-state index is 0.0284. The van der Waals surface area contributed by atoms with Crippen LogP contribution in [0.25, 0.3) is 0 Å². The van der Waals surface area contributed by atoms with Gasteiger partial charge in [0.05, 0.1) is 12.5 Å². The molecule has 100 valence electrons. The van der Waals surface area contributed by atoms with Crippen LogP contribution < -0.4 is 5.32 Å². The van der Waals surface area contributed by atoms with E-state index in [9.17, 15) is 14.4 Å². The van der Waals surface area contributed by atoms with Gasteiger partial charge in [-0.2, -0.15) is 11.8 Å². The Balaban J connectivity index is 2.01. The maximum absolute atomic E-state index is 12.2. The number of amides is 2. The number of rotatable bonds is 3. The zero-order valence-electron chi connectivity index (χ0n) is 9.92. The number of carboxylic acids is 1. The molecule has 2 fully saturated rings. The standard InChI is InChI=1S/C11H16N2O4S/c14-9-2-1-8(12-9)11(17)13-3-4-18-6-7(13)5-10(15)16/h7-8H,1-6H2,(H,12,14)(H,15,16)/t7?,8-/m0/s1. The first-order chi connectivity index (χ1) is 8.58. The molecule has 2 saturated heterocycles. The highest BCUT2D eigenvalue weighted by Gasteiger charge is 2.35. The van der Waals surface area contributed by atoms with Crippen LogP contribution in [0.1, 0.15) is 19.3 Å². The minimum atomic E-state index is -0.893. The van der Waals surface area contributed by atoms with Crippen LogP contribution in [0.2, 0.25) is 0 Å². The molecule has 0 aromatic heterocycles. The number of hydrogen-bond acceptors (Lipinski definition) is 4. The smallest absolute Gasteiger partial charge is 0.305 e. The fourth-order valence-corrected chi connectivity index (χ4v) is 3.38. The summed E-state index contributed by atoms with van der Waals surface area (Å²) in [7, 11) is 0. The molecule has 2 rings (SSSR count). The average Bonchev–Trinajstić information content (AvgIpc) is 2.75. The highest BCUT2D eigenvalue weighted by Crippen LogP contribution is 2.21. The number of hydrogen-bond donors (Lipinski definition) is 2. The molecule has 2 aliphatic heterocycles. The summed E-state index contributed by atoms with van der Waals surface area (Å²) < 4.78 is 0. The fourth-order valence-electron chi connectivity index (χ4n) is 2.32. The summed E-state index contributed by atoms with van der Waals surface area (Å²) in [6.07, 6.45) is 0.864. The molecule has 2 aliphatic rings. The van der Waals surface area contributed by atoms with Crippen molar-refractivity contribution in [1.29, 1.82) is 0 Å². The zero-order chi connectivity index (χ0) is 13.1. The number of carbonyl (C=O) groups excluding carboxylic acids is 2. The molecule has 2 N–H and O–H groups in total. The van der Waals surface area contributed by atoms with Gasteiger partial charge in [0, 0.05) is 24.5 Å². The maximum atomic E-state index is 12.2. The van der Waals surface area contributed by atoms with E-state index < -0.39 is 12.0 Å². The molecule has 1 unspecified atom stereocenters. The van der Waals surface area contributed by atoms with Gasteiger partial charge in [-0.1, -0.05) is 0 Å². The van der Waals surface area contributed by atoms with Gasteiger partial charge in [0.1, 0.15) is 6.04 Å². The molecule has 0 radical (unpaired) electrons. The van der Waals surface area contributed by atoms with Crippen molar-refractivity contribution < 1.29 is 19.5 Å². The Bertz CT molecular complexity index is 374. The lowest BCUT2D eigenvalue weighted by Gasteiger charge is -2.36. The molecule has 2 amide bonds. The van der Waals surface area contributed by atoms with E-state index >= 15 is 0 Å². The van der Waals surface area contributed by atoms with E-state index in [2.05, 4.69) is 5.32 Å². The van der Waals surface area contributed by atoms with Gasteiger partial charge in [0.25, 0.3) is 0 Å². The number of thioether (sulfide) groups is 1. The van der Waals surface area contributed by atoms with Crippen molar-refractivity contribution in [2.24, 2.45) is 0 Å². The van der Waals surface area contributed by atoms with Gasteiger partial charge in [0.2, 0.25) is 11.8 Å². The van der Waals surface area contributed by atoms with Crippen molar-refractivity contribution in [2.75, 3.05) is 18.1 Å². The molecule has 0 bridgehead atoms. The Morgan fingerprint density at radius 2 is 2.28 bits per heavy atom. The number of carbonyl (C=O) groups is 3. The lowest BCUT2D eigenvalue weighted by molar-refractivity contribution is -0.141. The first-order valence-electron chi connectivity index (χ1n) is 5.97. The van der Waals surface area contributed by atoms with Gasteiger partial charge in [-0.3, -0.25) is 14.4 Å². The van der Waals surface area contributed by atoms with Gasteiger partial charge in [-0.05, 0) is 6.42 Å². The monoisotopic (exact) mass is 272 g/mol. The zero-order valence-corrected chi connectivity index (χ0v) is 10.7. The van der Waals surface area contributed by atoms with E-state index in [1.165, 1.54) is 0 Å². The van der Waals surface area contributed by atoms with Crippen molar-refractivity contribution in [3.63, 3.8) is 0 Å². The highest BCUT2D eigenvalue weighted by molar-refractivity contribution is 7.99. The third kappa shape index (κ3) is 2.95. The van der Waals surface area contributed by atoms with E-state index in [4.69, 9.17) is 5.11 Å². The Labute approximate surface area is 109 Å². The molecule has 0 saturated carbocycles. The molecule has 7 heteroatoms. The van der Waals surface area contributed by atoms with Crippen molar-refractivity contribution in [2.45, 2.75) is 31.3 Å². The summed E-state index contributed by atoms with van der Waals surface area (Å²) in [6, 6.07) is -0.719. The summed E-state index contributed by atoms with van der Waals surface area (Å²) >= 11 is 1.66. The third-order valence-corrected chi connectivity index (χ3v) is 4.31. The number of nitrogens with zero attached hydrogens (tertiary/aromatic N) is 1.